The van der Waals surface area contributed by atoms with Crippen LogP contribution in [0.3, 0.4) is 0 Å². The van der Waals surface area contributed by atoms with Crippen LogP contribution < -0.4 is 5.32 Å². The summed E-state index contributed by atoms with van der Waals surface area (Å²) in [5, 5.41) is 13.5. The number of carbonyl (C=O) groups is 3. The van der Waals surface area contributed by atoms with Crippen LogP contribution in [0, 0.1) is 10.8 Å². The summed E-state index contributed by atoms with van der Waals surface area (Å²) in [4.78, 5) is 36.2. The number of amides is 1. The van der Waals surface area contributed by atoms with Gasteiger partial charge < -0.3 is 10.4 Å². The Morgan fingerprint density at radius 1 is 1.17 bits per heavy atom. The highest BCUT2D eigenvalue weighted by Crippen LogP contribution is 2.65. The SMILES string of the molecule is CC(=O)C1(O)C2(C)CC(C)(C)C1(C(C)=O)NC2=O. The summed E-state index contributed by atoms with van der Waals surface area (Å²) in [5.41, 5.74) is -5.39. The summed E-state index contributed by atoms with van der Waals surface area (Å²) < 4.78 is 0. The van der Waals surface area contributed by atoms with Gasteiger partial charge in [0.05, 0.1) is 5.41 Å². The van der Waals surface area contributed by atoms with Crippen molar-refractivity contribution in [3.8, 4) is 0 Å². The molecule has 5 nitrogen and oxygen atoms in total. The minimum atomic E-state index is -1.97. The third-order valence-corrected chi connectivity index (χ3v) is 4.99. The number of fused-ring (bicyclic) bond motifs is 2. The minimum Gasteiger partial charge on any atom is -0.378 e. The molecule has 2 bridgehead atoms. The predicted molar refractivity (Wildman–Crippen MR) is 63.7 cm³/mol. The van der Waals surface area contributed by atoms with Gasteiger partial charge in [-0.3, -0.25) is 14.4 Å². The van der Waals surface area contributed by atoms with Crippen LogP contribution in [-0.2, 0) is 14.4 Å². The van der Waals surface area contributed by atoms with Crippen LogP contribution in [0.2, 0.25) is 0 Å². The summed E-state index contributed by atoms with van der Waals surface area (Å²) in [6, 6.07) is 0. The van der Waals surface area contributed by atoms with E-state index in [1.54, 1.807) is 20.8 Å². The summed E-state index contributed by atoms with van der Waals surface area (Å²) >= 11 is 0. The molecule has 0 spiro atoms. The maximum absolute atomic E-state index is 12.1. The second kappa shape index (κ2) is 3.02. The molecule has 2 rings (SSSR count). The summed E-state index contributed by atoms with van der Waals surface area (Å²) in [6.07, 6.45) is 0.307. The first-order chi connectivity index (χ1) is 7.97. The first-order valence-corrected chi connectivity index (χ1v) is 6.04. The van der Waals surface area contributed by atoms with Crippen LogP contribution in [-0.4, -0.2) is 33.7 Å². The number of hydrogen-bond donors (Lipinski definition) is 2. The molecule has 0 aromatic heterocycles. The Labute approximate surface area is 106 Å². The molecular formula is C13H19NO4. The predicted octanol–water partition coefficient (Wildman–Crippen LogP) is 0.200. The number of carbonyl (C=O) groups excluding carboxylic acids is 3. The standard InChI is InChI=1S/C13H19NO4/c1-7(15)12-10(3,4)6-11(5,9(17)14-12)13(12,18)8(2)16/h18H,6H2,1-5H3,(H,14,17). The van der Waals surface area contributed by atoms with E-state index in [-0.39, 0.29) is 5.78 Å². The third kappa shape index (κ3) is 0.934. The zero-order valence-corrected chi connectivity index (χ0v) is 11.4. The molecule has 1 aliphatic heterocycles. The van der Waals surface area contributed by atoms with E-state index in [9.17, 15) is 19.5 Å². The van der Waals surface area contributed by atoms with Gasteiger partial charge in [-0.1, -0.05) is 13.8 Å². The Morgan fingerprint density at radius 2 is 1.67 bits per heavy atom. The number of Topliss-reactive ketones (excluding diaryl/α,β-unsaturated/α-hetero) is 2. The zero-order chi connectivity index (χ0) is 14.1. The molecule has 1 saturated heterocycles. The molecule has 2 N–H and O–H groups in total. The summed E-state index contributed by atoms with van der Waals surface area (Å²) in [5.74, 6) is -1.33. The fourth-order valence-corrected chi connectivity index (χ4v) is 4.33. The van der Waals surface area contributed by atoms with Gasteiger partial charge in [0.25, 0.3) is 0 Å². The van der Waals surface area contributed by atoms with Crippen LogP contribution in [0.1, 0.15) is 41.0 Å². The van der Waals surface area contributed by atoms with Crippen molar-refractivity contribution in [3.63, 3.8) is 0 Å². The summed E-state index contributed by atoms with van der Waals surface area (Å²) in [7, 11) is 0. The van der Waals surface area contributed by atoms with Crippen molar-refractivity contribution in [3.05, 3.63) is 0 Å². The molecule has 2 fully saturated rings. The fourth-order valence-electron chi connectivity index (χ4n) is 4.33. The maximum atomic E-state index is 12.1. The minimum absolute atomic E-state index is 0.307. The fraction of sp³-hybridized carbons (Fsp3) is 0.769. The molecule has 2 aliphatic rings. The molecule has 0 aromatic carbocycles. The summed E-state index contributed by atoms with van der Waals surface area (Å²) in [6.45, 7) is 7.70. The van der Waals surface area contributed by atoms with Crippen LogP contribution in [0.25, 0.3) is 0 Å². The van der Waals surface area contributed by atoms with Crippen LogP contribution >= 0.6 is 0 Å². The second-order valence-corrected chi connectivity index (χ2v) is 6.42. The van der Waals surface area contributed by atoms with Gasteiger partial charge in [-0.05, 0) is 32.6 Å². The molecule has 0 radical (unpaired) electrons. The number of hydrogen-bond acceptors (Lipinski definition) is 4. The van der Waals surface area contributed by atoms with Gasteiger partial charge in [0, 0.05) is 0 Å². The molecule has 3 atom stereocenters. The van der Waals surface area contributed by atoms with Gasteiger partial charge in [0.2, 0.25) is 5.91 Å². The van der Waals surface area contributed by atoms with E-state index in [1.807, 2.05) is 0 Å². The number of piperidine rings is 1. The van der Waals surface area contributed by atoms with Crippen molar-refractivity contribution in [1.82, 2.24) is 5.32 Å². The van der Waals surface area contributed by atoms with Crippen LogP contribution in [0.5, 0.6) is 0 Å². The van der Waals surface area contributed by atoms with Crippen molar-refractivity contribution in [2.75, 3.05) is 0 Å². The van der Waals surface area contributed by atoms with Crippen LogP contribution in [0.4, 0.5) is 0 Å². The van der Waals surface area contributed by atoms with Gasteiger partial charge in [-0.2, -0.15) is 0 Å². The molecule has 3 unspecified atom stereocenters. The quantitative estimate of drug-likeness (QED) is 0.736. The molecule has 0 aromatic rings. The largest absolute Gasteiger partial charge is 0.378 e. The number of rotatable bonds is 2. The maximum Gasteiger partial charge on any atom is 0.230 e. The van der Waals surface area contributed by atoms with E-state index in [0.717, 1.165) is 0 Å². The molecule has 1 saturated carbocycles. The Hall–Kier alpha value is -1.23. The zero-order valence-electron chi connectivity index (χ0n) is 11.4. The average Bonchev–Trinajstić information content (AvgIpc) is 2.45. The van der Waals surface area contributed by atoms with Crippen molar-refractivity contribution < 1.29 is 19.5 Å². The lowest BCUT2D eigenvalue weighted by atomic mass is 9.65. The van der Waals surface area contributed by atoms with Crippen molar-refractivity contribution in [2.45, 2.75) is 52.2 Å². The lowest BCUT2D eigenvalue weighted by Crippen LogP contribution is -2.69. The van der Waals surface area contributed by atoms with E-state index in [0.29, 0.717) is 6.42 Å². The normalized spacial score (nSPS) is 44.9. The Bertz CT molecular complexity index is 483. The highest BCUT2D eigenvalue weighted by molar-refractivity contribution is 6.11. The van der Waals surface area contributed by atoms with E-state index in [4.69, 9.17) is 0 Å². The van der Waals surface area contributed by atoms with E-state index < -0.39 is 33.7 Å². The number of nitrogens with one attached hydrogen (secondary N) is 1. The van der Waals surface area contributed by atoms with Gasteiger partial charge in [-0.15, -0.1) is 0 Å². The van der Waals surface area contributed by atoms with E-state index in [1.165, 1.54) is 13.8 Å². The van der Waals surface area contributed by atoms with Gasteiger partial charge in [0.1, 0.15) is 5.54 Å². The molecule has 1 amide bonds. The second-order valence-electron chi connectivity index (χ2n) is 6.42. The van der Waals surface area contributed by atoms with Crippen molar-refractivity contribution in [1.29, 1.82) is 0 Å². The van der Waals surface area contributed by atoms with Crippen molar-refractivity contribution in [2.24, 2.45) is 10.8 Å². The monoisotopic (exact) mass is 253 g/mol. The molecular weight excluding hydrogens is 234 g/mol. The highest BCUT2D eigenvalue weighted by atomic mass is 16.3. The molecule has 1 aliphatic carbocycles. The smallest absolute Gasteiger partial charge is 0.230 e. The first-order valence-electron chi connectivity index (χ1n) is 6.04. The topological polar surface area (TPSA) is 83.5 Å². The van der Waals surface area contributed by atoms with E-state index >= 15 is 0 Å². The Kier molecular flexibility index (Phi) is 2.21. The van der Waals surface area contributed by atoms with Gasteiger partial charge >= 0.3 is 0 Å². The molecule has 1 heterocycles. The molecule has 100 valence electrons. The number of ketones is 2. The first kappa shape index (κ1) is 13.2. The van der Waals surface area contributed by atoms with E-state index in [2.05, 4.69) is 5.32 Å². The van der Waals surface area contributed by atoms with Crippen molar-refractivity contribution >= 4 is 17.5 Å². The Balaban J connectivity index is 2.84. The van der Waals surface area contributed by atoms with Gasteiger partial charge in [0.15, 0.2) is 17.2 Å². The molecule has 18 heavy (non-hydrogen) atoms. The number of aliphatic hydroxyl groups is 1. The lowest BCUT2D eigenvalue weighted by Gasteiger charge is -2.44. The average molecular weight is 253 g/mol. The lowest BCUT2D eigenvalue weighted by molar-refractivity contribution is -0.158. The van der Waals surface area contributed by atoms with Gasteiger partial charge in [-0.25, -0.2) is 0 Å². The molecule has 5 heteroatoms. The van der Waals surface area contributed by atoms with Crippen LogP contribution in [0.15, 0.2) is 0 Å². The third-order valence-electron chi connectivity index (χ3n) is 4.99. The Morgan fingerprint density at radius 3 is 2.00 bits per heavy atom. The highest BCUT2D eigenvalue weighted by Gasteiger charge is 2.84.